The average Bonchev–Trinajstić information content (AvgIpc) is 3.31. The van der Waals surface area contributed by atoms with Gasteiger partial charge in [0.05, 0.1) is 11.1 Å². The first-order chi connectivity index (χ1) is 15.6. The van der Waals surface area contributed by atoms with Crippen LogP contribution in [0.5, 0.6) is 0 Å². The fourth-order valence-corrected chi connectivity index (χ4v) is 7.53. The van der Waals surface area contributed by atoms with Crippen molar-refractivity contribution < 1.29 is 26.0 Å². The minimum atomic E-state index is -3.85. The molecule has 0 atom stereocenters. The van der Waals surface area contributed by atoms with E-state index in [1.165, 1.54) is 70.3 Å². The van der Waals surface area contributed by atoms with Crippen molar-refractivity contribution in [3.63, 3.8) is 0 Å². The molecule has 0 N–H and O–H groups in total. The maximum absolute atomic E-state index is 13.1. The highest BCUT2D eigenvalue weighted by Gasteiger charge is 2.34. The topological polar surface area (TPSA) is 105 Å². The van der Waals surface area contributed by atoms with Crippen LogP contribution in [0.4, 0.5) is 4.39 Å². The minimum absolute atomic E-state index is 0.000351. The van der Waals surface area contributed by atoms with Crippen LogP contribution in [0.2, 0.25) is 0 Å². The molecule has 4 rings (SSSR count). The summed E-state index contributed by atoms with van der Waals surface area (Å²) in [6.07, 6.45) is 1.26. The number of sulfonamides is 2. The van der Waals surface area contributed by atoms with E-state index in [-0.39, 0.29) is 41.1 Å². The van der Waals surface area contributed by atoms with Gasteiger partial charge in [0.25, 0.3) is 10.0 Å². The van der Waals surface area contributed by atoms with Crippen LogP contribution in [-0.2, 0) is 20.0 Å². The van der Waals surface area contributed by atoms with E-state index in [1.807, 2.05) is 0 Å². The molecule has 2 aromatic carbocycles. The lowest BCUT2D eigenvalue weighted by molar-refractivity contribution is 0.101. The number of rotatable bonds is 6. The number of halogens is 1. The SMILES string of the molecule is CC(=O)c1ccc(S(=O)(=O)N2CCN(S(=O)(=O)c3cnc(-c4ccc(F)cc4)s3)CC2)cc1. The number of benzene rings is 2. The van der Waals surface area contributed by atoms with Gasteiger partial charge < -0.3 is 0 Å². The molecular weight excluding hydrogens is 489 g/mol. The Kier molecular flexibility index (Phi) is 6.47. The molecule has 0 radical (unpaired) electrons. The molecule has 3 aromatic rings. The number of hydrogen-bond donors (Lipinski definition) is 0. The Hall–Kier alpha value is -2.51. The fraction of sp³-hybridized carbons (Fsp3) is 0.238. The van der Waals surface area contributed by atoms with E-state index in [0.717, 1.165) is 11.3 Å². The molecule has 8 nitrogen and oxygen atoms in total. The fourth-order valence-electron chi connectivity index (χ4n) is 3.39. The van der Waals surface area contributed by atoms with Gasteiger partial charge in [0.1, 0.15) is 10.8 Å². The van der Waals surface area contributed by atoms with Crippen molar-refractivity contribution in [3.8, 4) is 10.6 Å². The Balaban J connectivity index is 1.47. The summed E-state index contributed by atoms with van der Waals surface area (Å²) in [7, 11) is -7.66. The number of carbonyl (C=O) groups is 1. The van der Waals surface area contributed by atoms with Gasteiger partial charge in [-0.2, -0.15) is 8.61 Å². The van der Waals surface area contributed by atoms with Crippen LogP contribution in [0.1, 0.15) is 17.3 Å². The van der Waals surface area contributed by atoms with Crippen LogP contribution in [-0.4, -0.2) is 62.4 Å². The summed E-state index contributed by atoms with van der Waals surface area (Å²) in [5.74, 6) is -0.561. The van der Waals surface area contributed by atoms with Gasteiger partial charge in [-0.3, -0.25) is 4.79 Å². The summed E-state index contributed by atoms with van der Waals surface area (Å²) in [6, 6.07) is 11.3. The highest BCUT2D eigenvalue weighted by molar-refractivity contribution is 7.91. The van der Waals surface area contributed by atoms with Gasteiger partial charge in [-0.25, -0.2) is 26.2 Å². The first-order valence-electron chi connectivity index (χ1n) is 9.92. The molecule has 0 unspecified atom stereocenters. The number of nitrogens with zero attached hydrogens (tertiary/aromatic N) is 3. The van der Waals surface area contributed by atoms with Crippen molar-refractivity contribution in [2.45, 2.75) is 16.0 Å². The third kappa shape index (κ3) is 4.75. The molecule has 1 aromatic heterocycles. The first kappa shape index (κ1) is 23.6. The number of carbonyl (C=O) groups excluding carboxylic acids is 1. The molecule has 1 aliphatic heterocycles. The molecule has 1 fully saturated rings. The summed E-state index contributed by atoms with van der Waals surface area (Å²) < 4.78 is 67.6. The monoisotopic (exact) mass is 509 g/mol. The quantitative estimate of drug-likeness (QED) is 0.473. The van der Waals surface area contributed by atoms with E-state index in [9.17, 15) is 26.0 Å². The van der Waals surface area contributed by atoms with Gasteiger partial charge in [-0.05, 0) is 43.3 Å². The highest BCUT2D eigenvalue weighted by atomic mass is 32.2. The standard InChI is InChI=1S/C21H20FN3O5S3/c1-15(26)16-4-8-19(9-5-16)32(27,28)24-10-12-25(13-11-24)33(29,30)20-14-23-21(31-20)17-2-6-18(22)7-3-17/h2-9,14H,10-13H2,1H3. The average molecular weight is 510 g/mol. The molecule has 0 saturated carbocycles. The van der Waals surface area contributed by atoms with Crippen LogP contribution in [0.3, 0.4) is 0 Å². The van der Waals surface area contributed by atoms with Gasteiger partial charge in [0, 0.05) is 37.3 Å². The Bertz CT molecular complexity index is 1380. The number of piperazine rings is 1. The van der Waals surface area contributed by atoms with Crippen molar-refractivity contribution in [1.82, 2.24) is 13.6 Å². The first-order valence-corrected chi connectivity index (χ1v) is 13.6. The lowest BCUT2D eigenvalue weighted by Gasteiger charge is -2.32. The summed E-state index contributed by atoms with van der Waals surface area (Å²) in [5, 5.41) is 0.448. The lowest BCUT2D eigenvalue weighted by Crippen LogP contribution is -2.50. The third-order valence-electron chi connectivity index (χ3n) is 5.27. The van der Waals surface area contributed by atoms with Crippen molar-refractivity contribution in [1.29, 1.82) is 0 Å². The second kappa shape index (κ2) is 9.03. The van der Waals surface area contributed by atoms with Gasteiger partial charge >= 0.3 is 0 Å². The molecule has 0 aliphatic carbocycles. The number of hydrogen-bond acceptors (Lipinski definition) is 7. The van der Waals surface area contributed by atoms with Crippen LogP contribution in [0.25, 0.3) is 10.6 Å². The Morgan fingerprint density at radius 3 is 1.97 bits per heavy atom. The van der Waals surface area contributed by atoms with E-state index in [2.05, 4.69) is 4.98 Å². The van der Waals surface area contributed by atoms with Crippen LogP contribution in [0, 0.1) is 5.82 Å². The smallest absolute Gasteiger partial charge is 0.254 e. The number of thiazole rings is 1. The Labute approximate surface area is 195 Å². The predicted octanol–water partition coefficient (Wildman–Crippen LogP) is 2.85. The zero-order valence-corrected chi connectivity index (χ0v) is 20.0. The van der Waals surface area contributed by atoms with Crippen LogP contribution in [0.15, 0.2) is 63.8 Å². The zero-order valence-electron chi connectivity index (χ0n) is 17.5. The lowest BCUT2D eigenvalue weighted by atomic mass is 10.2. The van der Waals surface area contributed by atoms with Crippen molar-refractivity contribution >= 4 is 37.2 Å². The van der Waals surface area contributed by atoms with Crippen LogP contribution < -0.4 is 0 Å². The molecular formula is C21H20FN3O5S3. The summed E-state index contributed by atoms with van der Waals surface area (Å²) in [6.45, 7) is 1.39. The van der Waals surface area contributed by atoms with E-state index < -0.39 is 25.9 Å². The second-order valence-electron chi connectivity index (χ2n) is 7.38. The molecule has 174 valence electrons. The number of aromatic nitrogens is 1. The van der Waals surface area contributed by atoms with E-state index in [4.69, 9.17) is 0 Å². The molecule has 2 heterocycles. The minimum Gasteiger partial charge on any atom is -0.295 e. The van der Waals surface area contributed by atoms with Gasteiger partial charge in [0.2, 0.25) is 10.0 Å². The molecule has 33 heavy (non-hydrogen) atoms. The van der Waals surface area contributed by atoms with Crippen LogP contribution >= 0.6 is 11.3 Å². The Morgan fingerprint density at radius 2 is 1.42 bits per heavy atom. The van der Waals surface area contributed by atoms with Gasteiger partial charge in [0.15, 0.2) is 9.99 Å². The van der Waals surface area contributed by atoms with Crippen molar-refractivity contribution in [2.75, 3.05) is 26.2 Å². The zero-order chi connectivity index (χ0) is 23.8. The third-order valence-corrected chi connectivity index (χ3v) is 10.6. The molecule has 0 bridgehead atoms. The molecule has 1 saturated heterocycles. The highest BCUT2D eigenvalue weighted by Crippen LogP contribution is 2.30. The maximum atomic E-state index is 13.1. The largest absolute Gasteiger partial charge is 0.295 e. The molecule has 0 spiro atoms. The van der Waals surface area contributed by atoms with E-state index in [0.29, 0.717) is 16.1 Å². The van der Waals surface area contributed by atoms with Gasteiger partial charge in [-0.1, -0.05) is 12.1 Å². The number of ketones is 1. The molecule has 12 heteroatoms. The molecule has 1 aliphatic rings. The van der Waals surface area contributed by atoms with Crippen molar-refractivity contribution in [2.24, 2.45) is 0 Å². The van der Waals surface area contributed by atoms with Gasteiger partial charge in [-0.15, -0.1) is 11.3 Å². The van der Waals surface area contributed by atoms with Crippen molar-refractivity contribution in [3.05, 3.63) is 66.1 Å². The summed E-state index contributed by atoms with van der Waals surface area (Å²) in [5.41, 5.74) is 1.02. The normalized spacial score (nSPS) is 16.1. The predicted molar refractivity (Wildman–Crippen MR) is 121 cm³/mol. The van der Waals surface area contributed by atoms with E-state index in [1.54, 1.807) is 0 Å². The summed E-state index contributed by atoms with van der Waals surface area (Å²) >= 11 is 0.977. The maximum Gasteiger partial charge on any atom is 0.254 e. The Morgan fingerprint density at radius 1 is 0.879 bits per heavy atom. The summed E-state index contributed by atoms with van der Waals surface area (Å²) in [4.78, 5) is 15.6. The second-order valence-corrected chi connectivity index (χ2v) is 12.5. The number of Topliss-reactive ketones (excluding diaryl/α,β-unsaturated/α-hetero) is 1. The van der Waals surface area contributed by atoms with E-state index >= 15 is 0 Å². The molecule has 0 amide bonds.